The molecule has 170 valence electrons. The van der Waals surface area contributed by atoms with Crippen molar-refractivity contribution in [1.82, 2.24) is 4.98 Å². The molecule has 4 aromatic rings. The Kier molecular flexibility index (Phi) is 5.37. The summed E-state index contributed by atoms with van der Waals surface area (Å²) in [6.45, 7) is 1.96. The van der Waals surface area contributed by atoms with Crippen LogP contribution >= 0.6 is 11.3 Å². The molecule has 1 N–H and O–H groups in total. The number of hydrogen-bond acceptors (Lipinski definition) is 6. The third kappa shape index (κ3) is 3.62. The first-order chi connectivity index (χ1) is 16.4. The van der Waals surface area contributed by atoms with E-state index in [4.69, 9.17) is 4.74 Å². The van der Waals surface area contributed by atoms with Gasteiger partial charge in [-0.25, -0.2) is 9.37 Å². The Morgan fingerprint density at radius 2 is 1.76 bits per heavy atom. The summed E-state index contributed by atoms with van der Waals surface area (Å²) in [5, 5.41) is 11.5. The van der Waals surface area contributed by atoms with Gasteiger partial charge in [0.1, 0.15) is 17.3 Å². The molecule has 3 aromatic carbocycles. The van der Waals surface area contributed by atoms with Gasteiger partial charge in [-0.2, -0.15) is 0 Å². The number of thiazole rings is 1. The molecule has 1 unspecified atom stereocenters. The molecule has 0 aliphatic carbocycles. The number of carbonyl (C=O) groups is 2. The van der Waals surface area contributed by atoms with Crippen LogP contribution in [0.15, 0.2) is 72.3 Å². The van der Waals surface area contributed by atoms with Crippen LogP contribution in [0.25, 0.3) is 16.0 Å². The number of aryl methyl sites for hydroxylation is 1. The molecule has 1 aliphatic heterocycles. The third-order valence-corrected chi connectivity index (χ3v) is 6.75. The highest BCUT2D eigenvalue weighted by atomic mass is 32.1. The van der Waals surface area contributed by atoms with Crippen molar-refractivity contribution < 1.29 is 23.8 Å². The quantitative estimate of drug-likeness (QED) is 0.244. The molecule has 1 amide bonds. The molecule has 1 aromatic heterocycles. The van der Waals surface area contributed by atoms with Gasteiger partial charge in [0.05, 0.1) is 28.9 Å². The zero-order chi connectivity index (χ0) is 24.0. The fourth-order valence-corrected chi connectivity index (χ4v) is 5.11. The van der Waals surface area contributed by atoms with Gasteiger partial charge in [0.15, 0.2) is 5.13 Å². The van der Waals surface area contributed by atoms with Gasteiger partial charge in [0.2, 0.25) is 0 Å². The highest BCUT2D eigenvalue weighted by Crippen LogP contribution is 2.44. The summed E-state index contributed by atoms with van der Waals surface area (Å²) in [5.74, 6) is -1.84. The maximum atomic E-state index is 13.7. The first-order valence-electron chi connectivity index (χ1n) is 10.5. The van der Waals surface area contributed by atoms with E-state index in [2.05, 4.69) is 4.98 Å². The van der Waals surface area contributed by atoms with E-state index in [0.29, 0.717) is 27.5 Å². The van der Waals surface area contributed by atoms with Crippen LogP contribution in [0.2, 0.25) is 0 Å². The Labute approximate surface area is 198 Å². The van der Waals surface area contributed by atoms with E-state index in [1.54, 1.807) is 24.3 Å². The van der Waals surface area contributed by atoms with Crippen LogP contribution in [-0.2, 0) is 9.59 Å². The minimum atomic E-state index is -0.968. The number of aromatic nitrogens is 1. The average Bonchev–Trinajstić information content (AvgIpc) is 3.37. The number of ether oxygens (including phenoxy) is 1. The molecule has 34 heavy (non-hydrogen) atoms. The molecular formula is C26H19FN2O4S. The standard InChI is InChI=1S/C26H19FN2O4S/c1-14-3-12-19-20(13-14)34-26(28-19)29-22(15-4-8-17(27)9-5-15)21(24(31)25(29)32)23(30)16-6-10-18(33-2)11-7-16/h3-13,22,30H,1-2H3/b23-21+. The van der Waals surface area contributed by atoms with Gasteiger partial charge in [-0.15, -0.1) is 0 Å². The second-order valence-electron chi connectivity index (χ2n) is 7.92. The predicted molar refractivity (Wildman–Crippen MR) is 129 cm³/mol. The lowest BCUT2D eigenvalue weighted by Crippen LogP contribution is -2.29. The fraction of sp³-hybridized carbons (Fsp3) is 0.115. The maximum Gasteiger partial charge on any atom is 0.301 e. The molecule has 0 bridgehead atoms. The zero-order valence-corrected chi connectivity index (χ0v) is 19.1. The van der Waals surface area contributed by atoms with Crippen molar-refractivity contribution in [3.63, 3.8) is 0 Å². The molecular weight excluding hydrogens is 455 g/mol. The fourth-order valence-electron chi connectivity index (χ4n) is 4.02. The summed E-state index contributed by atoms with van der Waals surface area (Å²) in [4.78, 5) is 32.3. The first-order valence-corrected chi connectivity index (χ1v) is 11.3. The van der Waals surface area contributed by atoms with E-state index >= 15 is 0 Å². The normalized spacial score (nSPS) is 17.5. The van der Waals surface area contributed by atoms with Crippen molar-refractivity contribution in [2.45, 2.75) is 13.0 Å². The number of anilines is 1. The number of fused-ring (bicyclic) bond motifs is 1. The van der Waals surface area contributed by atoms with Gasteiger partial charge in [-0.3, -0.25) is 14.5 Å². The smallest absolute Gasteiger partial charge is 0.301 e. The number of amides is 1. The van der Waals surface area contributed by atoms with E-state index in [-0.39, 0.29) is 11.3 Å². The summed E-state index contributed by atoms with van der Waals surface area (Å²) in [5.41, 5.74) is 2.48. The lowest BCUT2D eigenvalue weighted by molar-refractivity contribution is -0.132. The predicted octanol–water partition coefficient (Wildman–Crippen LogP) is 5.38. The molecule has 1 aliphatic rings. The van der Waals surface area contributed by atoms with Crippen LogP contribution in [0, 0.1) is 12.7 Å². The highest BCUT2D eigenvalue weighted by molar-refractivity contribution is 7.22. The molecule has 0 saturated carbocycles. The molecule has 5 rings (SSSR count). The summed E-state index contributed by atoms with van der Waals surface area (Å²) in [7, 11) is 1.52. The van der Waals surface area contributed by atoms with Crippen LogP contribution in [-0.4, -0.2) is 28.9 Å². The lowest BCUT2D eigenvalue weighted by Gasteiger charge is -2.23. The number of Topliss-reactive ketones (excluding diaryl/α,β-unsaturated/α-hetero) is 1. The second kappa shape index (κ2) is 8.39. The summed E-state index contributed by atoms with van der Waals surface area (Å²) in [6.07, 6.45) is 0. The van der Waals surface area contributed by atoms with Crippen molar-refractivity contribution >= 4 is 44.1 Å². The van der Waals surface area contributed by atoms with E-state index in [9.17, 15) is 19.1 Å². The number of benzene rings is 3. The van der Waals surface area contributed by atoms with Gasteiger partial charge < -0.3 is 9.84 Å². The Hall–Kier alpha value is -4.04. The largest absolute Gasteiger partial charge is 0.507 e. The molecule has 1 atom stereocenters. The molecule has 1 saturated heterocycles. The van der Waals surface area contributed by atoms with E-state index in [1.165, 1.54) is 47.6 Å². The summed E-state index contributed by atoms with van der Waals surface area (Å²) in [6, 6.07) is 16.8. The van der Waals surface area contributed by atoms with Gasteiger partial charge in [-0.05, 0) is 66.6 Å². The molecule has 0 spiro atoms. The van der Waals surface area contributed by atoms with Gasteiger partial charge in [0.25, 0.3) is 5.78 Å². The zero-order valence-electron chi connectivity index (χ0n) is 18.3. The van der Waals surface area contributed by atoms with Crippen molar-refractivity contribution in [2.24, 2.45) is 0 Å². The van der Waals surface area contributed by atoms with E-state index in [1.807, 2.05) is 25.1 Å². The highest BCUT2D eigenvalue weighted by Gasteiger charge is 2.48. The Morgan fingerprint density at radius 1 is 1.06 bits per heavy atom. The number of halogens is 1. The number of ketones is 1. The molecule has 0 radical (unpaired) electrons. The number of aliphatic hydroxyl groups excluding tert-OH is 1. The van der Waals surface area contributed by atoms with Crippen LogP contribution in [0.4, 0.5) is 9.52 Å². The Bertz CT molecular complexity index is 1460. The van der Waals surface area contributed by atoms with Gasteiger partial charge in [0, 0.05) is 5.56 Å². The molecule has 8 heteroatoms. The van der Waals surface area contributed by atoms with Crippen LogP contribution < -0.4 is 9.64 Å². The SMILES string of the molecule is COc1ccc(/C(O)=C2\C(=O)C(=O)N(c3nc4ccc(C)cc4s3)C2c2ccc(F)cc2)cc1. The number of aliphatic hydroxyl groups is 1. The topological polar surface area (TPSA) is 79.7 Å². The number of nitrogens with zero attached hydrogens (tertiary/aromatic N) is 2. The Morgan fingerprint density at radius 3 is 2.44 bits per heavy atom. The number of carbonyl (C=O) groups excluding carboxylic acids is 2. The van der Waals surface area contributed by atoms with Crippen molar-refractivity contribution in [2.75, 3.05) is 12.0 Å². The second-order valence-corrected chi connectivity index (χ2v) is 8.93. The van der Waals surface area contributed by atoms with Crippen LogP contribution in [0.1, 0.15) is 22.7 Å². The minimum absolute atomic E-state index is 0.0859. The first kappa shape index (κ1) is 21.8. The third-order valence-electron chi connectivity index (χ3n) is 5.73. The monoisotopic (exact) mass is 474 g/mol. The summed E-state index contributed by atoms with van der Waals surface area (Å²) >= 11 is 1.28. The average molecular weight is 475 g/mol. The van der Waals surface area contributed by atoms with Crippen molar-refractivity contribution in [1.29, 1.82) is 0 Å². The lowest BCUT2D eigenvalue weighted by atomic mass is 9.95. The number of hydrogen-bond donors (Lipinski definition) is 1. The summed E-state index contributed by atoms with van der Waals surface area (Å²) < 4.78 is 19.7. The number of methoxy groups -OCH3 is 1. The van der Waals surface area contributed by atoms with Crippen LogP contribution in [0.5, 0.6) is 5.75 Å². The van der Waals surface area contributed by atoms with Gasteiger partial charge >= 0.3 is 5.91 Å². The minimum Gasteiger partial charge on any atom is -0.507 e. The Balaban J connectivity index is 1.71. The molecule has 1 fully saturated rings. The van der Waals surface area contributed by atoms with Crippen LogP contribution in [0.3, 0.4) is 0 Å². The maximum absolute atomic E-state index is 13.7. The van der Waals surface area contributed by atoms with E-state index < -0.39 is 23.5 Å². The number of rotatable bonds is 4. The van der Waals surface area contributed by atoms with E-state index in [0.717, 1.165) is 10.3 Å². The molecule has 6 nitrogen and oxygen atoms in total. The van der Waals surface area contributed by atoms with Gasteiger partial charge in [-0.1, -0.05) is 29.5 Å². The van der Waals surface area contributed by atoms with Crippen molar-refractivity contribution in [3.8, 4) is 5.75 Å². The van der Waals surface area contributed by atoms with Crippen molar-refractivity contribution in [3.05, 3.63) is 94.8 Å². The molecule has 2 heterocycles.